The highest BCUT2D eigenvalue weighted by Crippen LogP contribution is 2.32. The Kier molecular flexibility index (Phi) is 3.57. The Morgan fingerprint density at radius 2 is 1.86 bits per heavy atom. The lowest BCUT2D eigenvalue weighted by atomic mass is 10.0. The quantitative estimate of drug-likeness (QED) is 0.807. The molecule has 3 heteroatoms. The third-order valence-electron chi connectivity index (χ3n) is 3.96. The largest absolute Gasteiger partial charge is 0.312 e. The number of rotatable bonds is 3. The molecule has 1 aliphatic rings. The van der Waals surface area contributed by atoms with Gasteiger partial charge in [0.1, 0.15) is 6.29 Å². The topological polar surface area (TPSA) is 37.4 Å². The van der Waals surface area contributed by atoms with Crippen LogP contribution in [0.15, 0.2) is 42.5 Å². The van der Waals surface area contributed by atoms with Crippen molar-refractivity contribution in [2.45, 2.75) is 19.8 Å². The second-order valence-corrected chi connectivity index (χ2v) is 5.23. The summed E-state index contributed by atoms with van der Waals surface area (Å²) in [5.74, 6) is 0.178. The summed E-state index contributed by atoms with van der Waals surface area (Å²) in [5, 5.41) is 0. The van der Waals surface area contributed by atoms with Crippen LogP contribution in [0.2, 0.25) is 0 Å². The average molecular weight is 279 g/mol. The Morgan fingerprint density at radius 3 is 2.52 bits per heavy atom. The van der Waals surface area contributed by atoms with Gasteiger partial charge < -0.3 is 4.90 Å². The SMILES string of the molecule is CCC(=O)N1CCc2cc(-c3ccc(C=O)cc3)ccc21. The Labute approximate surface area is 124 Å². The molecular weight excluding hydrogens is 262 g/mol. The summed E-state index contributed by atoms with van der Waals surface area (Å²) >= 11 is 0. The molecule has 1 aliphatic heterocycles. The number of nitrogens with zero attached hydrogens (tertiary/aromatic N) is 1. The van der Waals surface area contributed by atoms with Crippen LogP contribution in [-0.2, 0) is 11.2 Å². The number of benzene rings is 2. The molecule has 106 valence electrons. The van der Waals surface area contributed by atoms with Gasteiger partial charge in [0.15, 0.2) is 0 Å². The lowest BCUT2D eigenvalue weighted by Gasteiger charge is -2.16. The fourth-order valence-corrected chi connectivity index (χ4v) is 2.79. The van der Waals surface area contributed by atoms with Gasteiger partial charge in [0.05, 0.1) is 0 Å². The lowest BCUT2D eigenvalue weighted by Crippen LogP contribution is -2.27. The Balaban J connectivity index is 1.93. The number of carbonyl (C=O) groups excluding carboxylic acids is 2. The Morgan fingerprint density at radius 1 is 1.14 bits per heavy atom. The van der Waals surface area contributed by atoms with Crippen molar-refractivity contribution in [1.82, 2.24) is 0 Å². The monoisotopic (exact) mass is 279 g/mol. The van der Waals surface area contributed by atoms with Gasteiger partial charge in [-0.2, -0.15) is 0 Å². The van der Waals surface area contributed by atoms with Gasteiger partial charge in [-0.15, -0.1) is 0 Å². The van der Waals surface area contributed by atoms with Gasteiger partial charge in [-0.05, 0) is 35.2 Å². The molecule has 21 heavy (non-hydrogen) atoms. The summed E-state index contributed by atoms with van der Waals surface area (Å²) in [6, 6.07) is 13.8. The van der Waals surface area contributed by atoms with Crippen molar-refractivity contribution in [2.24, 2.45) is 0 Å². The van der Waals surface area contributed by atoms with Crippen LogP contribution in [0.4, 0.5) is 5.69 Å². The molecule has 0 fully saturated rings. The van der Waals surface area contributed by atoms with E-state index in [0.29, 0.717) is 12.0 Å². The molecule has 0 saturated carbocycles. The minimum absolute atomic E-state index is 0.178. The highest BCUT2D eigenvalue weighted by molar-refractivity contribution is 5.95. The third-order valence-corrected chi connectivity index (χ3v) is 3.96. The van der Waals surface area contributed by atoms with Crippen LogP contribution >= 0.6 is 0 Å². The van der Waals surface area contributed by atoms with E-state index < -0.39 is 0 Å². The Bertz CT molecular complexity index is 689. The van der Waals surface area contributed by atoms with E-state index >= 15 is 0 Å². The van der Waals surface area contributed by atoms with E-state index in [2.05, 4.69) is 6.07 Å². The van der Waals surface area contributed by atoms with Crippen molar-refractivity contribution < 1.29 is 9.59 Å². The maximum Gasteiger partial charge on any atom is 0.226 e. The summed E-state index contributed by atoms with van der Waals surface area (Å²) in [7, 11) is 0. The van der Waals surface area contributed by atoms with E-state index in [9.17, 15) is 9.59 Å². The number of anilines is 1. The van der Waals surface area contributed by atoms with Gasteiger partial charge in [0, 0.05) is 24.2 Å². The van der Waals surface area contributed by atoms with Gasteiger partial charge in [0.25, 0.3) is 0 Å². The van der Waals surface area contributed by atoms with Crippen LogP contribution in [0.25, 0.3) is 11.1 Å². The standard InChI is InChI=1S/C18H17NO2/c1-2-18(21)19-10-9-16-11-15(7-8-17(16)19)14-5-3-13(12-20)4-6-14/h3-8,11-12H,2,9-10H2,1H3. The van der Waals surface area contributed by atoms with E-state index in [1.54, 1.807) is 0 Å². The van der Waals surface area contributed by atoms with Crippen molar-refractivity contribution >= 4 is 17.9 Å². The normalized spacial score (nSPS) is 13.1. The molecule has 3 nitrogen and oxygen atoms in total. The molecule has 0 radical (unpaired) electrons. The first-order valence-corrected chi connectivity index (χ1v) is 7.22. The fraction of sp³-hybridized carbons (Fsp3) is 0.222. The van der Waals surface area contributed by atoms with Gasteiger partial charge in [0.2, 0.25) is 5.91 Å². The van der Waals surface area contributed by atoms with E-state index in [0.717, 1.165) is 36.1 Å². The van der Waals surface area contributed by atoms with Crippen molar-refractivity contribution in [3.8, 4) is 11.1 Å². The molecular formula is C18H17NO2. The number of aldehydes is 1. The maximum atomic E-state index is 11.9. The number of carbonyl (C=O) groups is 2. The van der Waals surface area contributed by atoms with Gasteiger partial charge in [-0.3, -0.25) is 9.59 Å². The average Bonchev–Trinajstić information content (AvgIpc) is 2.97. The summed E-state index contributed by atoms with van der Waals surface area (Å²) < 4.78 is 0. The van der Waals surface area contributed by atoms with Crippen molar-refractivity contribution in [3.05, 3.63) is 53.6 Å². The van der Waals surface area contributed by atoms with Crippen molar-refractivity contribution in [3.63, 3.8) is 0 Å². The number of amides is 1. The van der Waals surface area contributed by atoms with Crippen LogP contribution < -0.4 is 4.90 Å². The molecule has 2 aromatic carbocycles. The van der Waals surface area contributed by atoms with E-state index in [1.165, 1.54) is 5.56 Å². The lowest BCUT2D eigenvalue weighted by molar-refractivity contribution is -0.118. The van der Waals surface area contributed by atoms with E-state index in [-0.39, 0.29) is 5.91 Å². The van der Waals surface area contributed by atoms with Crippen LogP contribution in [0.1, 0.15) is 29.3 Å². The molecule has 0 aromatic heterocycles. The van der Waals surface area contributed by atoms with Crippen molar-refractivity contribution in [2.75, 3.05) is 11.4 Å². The predicted molar refractivity (Wildman–Crippen MR) is 83.6 cm³/mol. The molecule has 0 atom stereocenters. The zero-order chi connectivity index (χ0) is 14.8. The molecule has 0 unspecified atom stereocenters. The molecule has 0 spiro atoms. The van der Waals surface area contributed by atoms with Gasteiger partial charge in [-0.1, -0.05) is 37.3 Å². The van der Waals surface area contributed by atoms with Crippen LogP contribution in [0, 0.1) is 0 Å². The second kappa shape index (κ2) is 5.52. The zero-order valence-electron chi connectivity index (χ0n) is 12.0. The molecule has 0 aliphatic carbocycles. The first kappa shape index (κ1) is 13.6. The summed E-state index contributed by atoms with van der Waals surface area (Å²) in [5.41, 5.74) is 5.14. The fourth-order valence-electron chi connectivity index (χ4n) is 2.79. The third kappa shape index (κ3) is 2.47. The summed E-state index contributed by atoms with van der Waals surface area (Å²) in [4.78, 5) is 24.5. The highest BCUT2D eigenvalue weighted by Gasteiger charge is 2.23. The first-order valence-electron chi connectivity index (χ1n) is 7.22. The second-order valence-electron chi connectivity index (χ2n) is 5.23. The zero-order valence-corrected chi connectivity index (χ0v) is 12.0. The number of fused-ring (bicyclic) bond motifs is 1. The molecule has 1 amide bonds. The number of hydrogen-bond acceptors (Lipinski definition) is 2. The minimum Gasteiger partial charge on any atom is -0.312 e. The first-order chi connectivity index (χ1) is 10.2. The smallest absolute Gasteiger partial charge is 0.226 e. The Hall–Kier alpha value is -2.42. The predicted octanol–water partition coefficient (Wildman–Crippen LogP) is 3.47. The van der Waals surface area contributed by atoms with Crippen LogP contribution in [0.3, 0.4) is 0 Å². The van der Waals surface area contributed by atoms with E-state index in [4.69, 9.17) is 0 Å². The molecule has 2 aromatic rings. The number of hydrogen-bond donors (Lipinski definition) is 0. The molecule has 0 bridgehead atoms. The molecule has 3 rings (SSSR count). The van der Waals surface area contributed by atoms with Gasteiger partial charge in [-0.25, -0.2) is 0 Å². The van der Waals surface area contributed by atoms with Gasteiger partial charge >= 0.3 is 0 Å². The minimum atomic E-state index is 0.178. The summed E-state index contributed by atoms with van der Waals surface area (Å²) in [6.07, 6.45) is 2.29. The van der Waals surface area contributed by atoms with Crippen LogP contribution in [-0.4, -0.2) is 18.7 Å². The molecule has 1 heterocycles. The molecule has 0 N–H and O–H groups in total. The maximum absolute atomic E-state index is 11.9. The van der Waals surface area contributed by atoms with E-state index in [1.807, 2.05) is 48.2 Å². The molecule has 0 saturated heterocycles. The highest BCUT2D eigenvalue weighted by atomic mass is 16.2. The summed E-state index contributed by atoms with van der Waals surface area (Å²) in [6.45, 7) is 2.67. The van der Waals surface area contributed by atoms with Crippen molar-refractivity contribution in [1.29, 1.82) is 0 Å². The van der Waals surface area contributed by atoms with Crippen LogP contribution in [0.5, 0.6) is 0 Å².